The van der Waals surface area contributed by atoms with Crippen LogP contribution in [0.25, 0.3) is 0 Å². The van der Waals surface area contributed by atoms with Gasteiger partial charge in [-0.25, -0.2) is 4.39 Å². The minimum atomic E-state index is -0.329. The topological polar surface area (TPSA) is 73.6 Å². The van der Waals surface area contributed by atoms with E-state index in [4.69, 9.17) is 15.2 Å². The van der Waals surface area contributed by atoms with E-state index in [9.17, 15) is 9.18 Å². The van der Waals surface area contributed by atoms with Crippen LogP contribution in [0.3, 0.4) is 0 Å². The summed E-state index contributed by atoms with van der Waals surface area (Å²) in [5.74, 6) is 0.828. The number of benzene rings is 1. The molecule has 0 atom stereocenters. The van der Waals surface area contributed by atoms with Crippen molar-refractivity contribution in [3.8, 4) is 5.75 Å². The summed E-state index contributed by atoms with van der Waals surface area (Å²) in [5.41, 5.74) is 6.68. The first-order valence-electron chi connectivity index (χ1n) is 9.87. The molecule has 0 saturated heterocycles. The molecule has 0 aromatic heterocycles. The van der Waals surface area contributed by atoms with Crippen molar-refractivity contribution in [1.29, 1.82) is 0 Å². The average molecular weight is 390 g/mol. The molecule has 2 saturated carbocycles. The fourth-order valence-electron chi connectivity index (χ4n) is 4.54. The Bertz CT molecular complexity index is 720. The van der Waals surface area contributed by atoms with Gasteiger partial charge in [0.15, 0.2) is 0 Å². The number of nitrogens with two attached hydrogens (primary N) is 1. The van der Waals surface area contributed by atoms with Crippen molar-refractivity contribution in [3.05, 3.63) is 41.7 Å². The molecule has 0 heterocycles. The molecular formula is C22H31FN2O3. The molecule has 0 unspecified atom stereocenters. The Labute approximate surface area is 166 Å². The summed E-state index contributed by atoms with van der Waals surface area (Å²) in [6.45, 7) is 4.53. The third-order valence-electron chi connectivity index (χ3n) is 6.26. The summed E-state index contributed by atoms with van der Waals surface area (Å²) in [4.78, 5) is 12.7. The van der Waals surface area contributed by atoms with E-state index < -0.39 is 0 Å². The Morgan fingerprint density at radius 2 is 1.93 bits per heavy atom. The number of rotatable bonds is 8. The Morgan fingerprint density at radius 3 is 2.46 bits per heavy atom. The highest BCUT2D eigenvalue weighted by atomic mass is 19.1. The zero-order chi connectivity index (χ0) is 20.4. The van der Waals surface area contributed by atoms with E-state index >= 15 is 0 Å². The summed E-state index contributed by atoms with van der Waals surface area (Å²) >= 11 is 0. The molecule has 0 radical (unpaired) electrons. The van der Waals surface area contributed by atoms with Gasteiger partial charge in [0.25, 0.3) is 0 Å². The lowest BCUT2D eigenvalue weighted by Gasteiger charge is -2.53. The summed E-state index contributed by atoms with van der Waals surface area (Å²) in [6, 6.07) is 8.09. The summed E-state index contributed by atoms with van der Waals surface area (Å²) in [6.07, 6.45) is 4.21. The predicted octanol–water partition coefficient (Wildman–Crippen LogP) is 3.23. The first-order valence-corrected chi connectivity index (χ1v) is 9.87. The van der Waals surface area contributed by atoms with Crippen LogP contribution in [0.15, 0.2) is 36.2 Å². The lowest BCUT2D eigenvalue weighted by molar-refractivity contribution is -0.141. The Hall–Kier alpha value is -1.92. The van der Waals surface area contributed by atoms with Crippen molar-refractivity contribution < 1.29 is 18.7 Å². The van der Waals surface area contributed by atoms with Crippen molar-refractivity contribution in [3.63, 3.8) is 0 Å². The highest BCUT2D eigenvalue weighted by Crippen LogP contribution is 2.55. The zero-order valence-electron chi connectivity index (χ0n) is 17.0. The van der Waals surface area contributed by atoms with Crippen molar-refractivity contribution >= 4 is 5.91 Å². The third-order valence-corrected chi connectivity index (χ3v) is 6.26. The van der Waals surface area contributed by atoms with E-state index in [1.54, 1.807) is 7.11 Å². The number of methoxy groups -OCH3 is 1. The molecule has 3 N–H and O–H groups in total. The molecule has 2 fully saturated rings. The van der Waals surface area contributed by atoms with Crippen LogP contribution in [0.4, 0.5) is 4.39 Å². The fraction of sp³-hybridized carbons (Fsp3) is 0.591. The van der Waals surface area contributed by atoms with Gasteiger partial charge in [-0.15, -0.1) is 0 Å². The van der Waals surface area contributed by atoms with E-state index in [2.05, 4.69) is 12.2 Å². The monoisotopic (exact) mass is 390 g/mol. The van der Waals surface area contributed by atoms with Gasteiger partial charge < -0.3 is 20.5 Å². The zero-order valence-corrected chi connectivity index (χ0v) is 17.0. The Kier molecular flexibility index (Phi) is 6.10. The molecule has 6 heteroatoms. The quantitative estimate of drug-likeness (QED) is 0.715. The Morgan fingerprint density at radius 1 is 1.29 bits per heavy atom. The highest BCUT2D eigenvalue weighted by molar-refractivity contribution is 5.84. The molecule has 1 amide bonds. The van der Waals surface area contributed by atoms with Gasteiger partial charge in [-0.2, -0.15) is 0 Å². The van der Waals surface area contributed by atoms with Crippen molar-refractivity contribution in [1.82, 2.24) is 5.32 Å². The number of carbonyl (C=O) groups is 1. The highest BCUT2D eigenvalue weighted by Gasteiger charge is 2.54. The first-order chi connectivity index (χ1) is 13.3. The standard InChI is InChI=1S/C22H31FN2O3/c1-21(16-4-6-18(7-5-16)28-12-15(10-23)11-24)13-22(2,14-21)20(26)25-17-8-19(9-17)27-3/h4-7,10,17,19H,8-9,11-14,24H2,1-3H3,(H,25,26)/b15-10+/t17-,19+,21?,22?. The molecule has 1 aromatic carbocycles. The summed E-state index contributed by atoms with van der Waals surface area (Å²) in [7, 11) is 1.71. The Balaban J connectivity index is 1.53. The van der Waals surface area contributed by atoms with E-state index in [1.165, 1.54) is 5.56 Å². The fourth-order valence-corrected chi connectivity index (χ4v) is 4.54. The maximum atomic E-state index is 12.7. The number of halogens is 1. The second-order valence-electron chi connectivity index (χ2n) is 8.76. The number of amides is 1. The van der Waals surface area contributed by atoms with E-state index in [0.717, 1.165) is 25.7 Å². The van der Waals surface area contributed by atoms with Crippen LogP contribution in [0.5, 0.6) is 5.75 Å². The molecule has 3 rings (SSSR count). The minimum Gasteiger partial charge on any atom is -0.489 e. The number of carbonyl (C=O) groups excluding carboxylic acids is 1. The summed E-state index contributed by atoms with van der Waals surface area (Å²) < 4.78 is 23.4. The SMILES string of the molecule is CO[C@H]1C[C@@H](NC(=O)C2(C)CC(C)(c3ccc(OC/C(=C/F)CN)cc3)C2)C1. The van der Waals surface area contributed by atoms with Gasteiger partial charge in [0.2, 0.25) is 5.91 Å². The largest absolute Gasteiger partial charge is 0.489 e. The van der Waals surface area contributed by atoms with Crippen LogP contribution in [0, 0.1) is 5.41 Å². The molecule has 1 aromatic rings. The van der Waals surface area contributed by atoms with Gasteiger partial charge in [-0.05, 0) is 48.8 Å². The van der Waals surface area contributed by atoms with Crippen molar-refractivity contribution in [2.75, 3.05) is 20.3 Å². The molecule has 0 spiro atoms. The van der Waals surface area contributed by atoms with Gasteiger partial charge in [0.05, 0.1) is 12.4 Å². The second kappa shape index (κ2) is 8.21. The van der Waals surface area contributed by atoms with Crippen molar-refractivity contribution in [2.45, 2.75) is 57.1 Å². The van der Waals surface area contributed by atoms with Gasteiger partial charge in [0, 0.05) is 30.7 Å². The number of hydrogen-bond donors (Lipinski definition) is 2. The first kappa shape index (κ1) is 20.8. The van der Waals surface area contributed by atoms with Crippen LogP contribution < -0.4 is 15.8 Å². The van der Waals surface area contributed by atoms with Crippen molar-refractivity contribution in [2.24, 2.45) is 11.1 Å². The number of hydrogen-bond acceptors (Lipinski definition) is 4. The molecule has 2 aliphatic carbocycles. The van der Waals surface area contributed by atoms with Gasteiger partial charge in [-0.3, -0.25) is 4.79 Å². The predicted molar refractivity (Wildman–Crippen MR) is 107 cm³/mol. The molecule has 0 bridgehead atoms. The van der Waals surface area contributed by atoms with E-state index in [1.807, 2.05) is 31.2 Å². The molecule has 154 valence electrons. The molecular weight excluding hydrogens is 359 g/mol. The second-order valence-corrected chi connectivity index (χ2v) is 8.76. The van der Waals surface area contributed by atoms with Gasteiger partial charge >= 0.3 is 0 Å². The van der Waals surface area contributed by atoms with Gasteiger partial charge in [-0.1, -0.05) is 26.0 Å². The lowest BCUT2D eigenvalue weighted by atomic mass is 9.51. The smallest absolute Gasteiger partial charge is 0.226 e. The number of nitrogens with one attached hydrogen (secondary N) is 1. The minimum absolute atomic E-state index is 0.0272. The number of ether oxygens (including phenoxy) is 2. The van der Waals surface area contributed by atoms with Crippen LogP contribution in [0.1, 0.15) is 45.1 Å². The average Bonchev–Trinajstić information content (AvgIpc) is 2.64. The third kappa shape index (κ3) is 4.23. The van der Waals surface area contributed by atoms with Crippen LogP contribution in [-0.4, -0.2) is 38.3 Å². The van der Waals surface area contributed by atoms with Crippen LogP contribution >= 0.6 is 0 Å². The van der Waals surface area contributed by atoms with Gasteiger partial charge in [0.1, 0.15) is 12.4 Å². The van der Waals surface area contributed by atoms with E-state index in [0.29, 0.717) is 17.7 Å². The molecule has 0 aliphatic heterocycles. The molecule has 5 nitrogen and oxygen atoms in total. The van der Waals surface area contributed by atoms with E-state index in [-0.39, 0.29) is 42.0 Å². The molecule has 28 heavy (non-hydrogen) atoms. The summed E-state index contributed by atoms with van der Waals surface area (Å²) in [5, 5.41) is 3.17. The lowest BCUT2D eigenvalue weighted by Crippen LogP contribution is -2.58. The van der Waals surface area contributed by atoms with Crippen LogP contribution in [0.2, 0.25) is 0 Å². The van der Waals surface area contributed by atoms with Crippen LogP contribution in [-0.2, 0) is 14.9 Å². The maximum Gasteiger partial charge on any atom is 0.226 e. The normalized spacial score (nSPS) is 32.2. The maximum absolute atomic E-state index is 12.7. The molecule has 2 aliphatic rings.